The minimum atomic E-state index is -0.463. The molecule has 0 spiro atoms. The number of anilines is 1. The van der Waals surface area contributed by atoms with Crippen LogP contribution in [0.15, 0.2) is 18.2 Å². The average Bonchev–Trinajstić information content (AvgIpc) is 2.89. The minimum absolute atomic E-state index is 0.270. The summed E-state index contributed by atoms with van der Waals surface area (Å²) in [5.74, 6) is -0.591. The van der Waals surface area contributed by atoms with Crippen molar-refractivity contribution in [1.82, 2.24) is 4.98 Å². The van der Waals surface area contributed by atoms with E-state index < -0.39 is 11.9 Å². The molecule has 0 fully saturated rings. The maximum atomic E-state index is 11.9. The lowest BCUT2D eigenvalue weighted by Crippen LogP contribution is -2.20. The molecule has 0 aliphatic rings. The SMILES string of the molecule is CCOC(=O)c1sc(NC(=O)COc2cc(Cl)ccc2Cl)nc1C. The zero-order chi connectivity index (χ0) is 17.7. The van der Waals surface area contributed by atoms with E-state index in [-0.39, 0.29) is 13.2 Å². The average molecular weight is 389 g/mol. The van der Waals surface area contributed by atoms with Gasteiger partial charge in [0.2, 0.25) is 0 Å². The van der Waals surface area contributed by atoms with Gasteiger partial charge in [0.1, 0.15) is 10.6 Å². The molecule has 6 nitrogen and oxygen atoms in total. The van der Waals surface area contributed by atoms with E-state index in [1.165, 1.54) is 6.07 Å². The first-order chi connectivity index (χ1) is 11.4. The lowest BCUT2D eigenvalue weighted by Gasteiger charge is -2.07. The van der Waals surface area contributed by atoms with E-state index >= 15 is 0 Å². The fourth-order valence-corrected chi connectivity index (χ4v) is 2.93. The number of carbonyl (C=O) groups excluding carboxylic acids is 2. The number of rotatable bonds is 6. The Kier molecular flexibility index (Phi) is 6.42. The van der Waals surface area contributed by atoms with Gasteiger partial charge in [0, 0.05) is 11.1 Å². The molecule has 2 rings (SSSR count). The van der Waals surface area contributed by atoms with E-state index in [1.54, 1.807) is 26.0 Å². The topological polar surface area (TPSA) is 77.5 Å². The molecular formula is C15H14Cl2N2O4S. The Bertz CT molecular complexity index is 764. The number of benzene rings is 1. The largest absolute Gasteiger partial charge is 0.482 e. The molecule has 0 aliphatic carbocycles. The third-order valence-corrected chi connectivity index (χ3v) is 4.36. The Balaban J connectivity index is 1.96. The Morgan fingerprint density at radius 3 is 2.79 bits per heavy atom. The van der Waals surface area contributed by atoms with E-state index in [0.29, 0.717) is 31.5 Å². The van der Waals surface area contributed by atoms with E-state index in [2.05, 4.69) is 10.3 Å². The van der Waals surface area contributed by atoms with Crippen molar-refractivity contribution in [3.05, 3.63) is 38.8 Å². The highest BCUT2D eigenvalue weighted by Crippen LogP contribution is 2.28. The van der Waals surface area contributed by atoms with Crippen LogP contribution in [0.5, 0.6) is 5.75 Å². The van der Waals surface area contributed by atoms with Crippen LogP contribution in [-0.4, -0.2) is 30.1 Å². The molecule has 0 unspecified atom stereocenters. The quantitative estimate of drug-likeness (QED) is 0.757. The predicted molar refractivity (Wildman–Crippen MR) is 93.4 cm³/mol. The summed E-state index contributed by atoms with van der Waals surface area (Å²) < 4.78 is 10.3. The van der Waals surface area contributed by atoms with Gasteiger partial charge in [-0.15, -0.1) is 0 Å². The third-order valence-electron chi connectivity index (χ3n) is 2.76. The summed E-state index contributed by atoms with van der Waals surface area (Å²) in [7, 11) is 0. The fraction of sp³-hybridized carbons (Fsp3) is 0.267. The lowest BCUT2D eigenvalue weighted by atomic mass is 10.3. The summed E-state index contributed by atoms with van der Waals surface area (Å²) >= 11 is 12.8. The molecule has 0 bridgehead atoms. The number of carbonyl (C=O) groups is 2. The van der Waals surface area contributed by atoms with Gasteiger partial charge in [-0.1, -0.05) is 34.5 Å². The fourth-order valence-electron chi connectivity index (χ4n) is 1.72. The smallest absolute Gasteiger partial charge is 0.350 e. The highest BCUT2D eigenvalue weighted by molar-refractivity contribution is 7.17. The van der Waals surface area contributed by atoms with Crippen LogP contribution in [0.4, 0.5) is 5.13 Å². The summed E-state index contributed by atoms with van der Waals surface area (Å²) in [6.07, 6.45) is 0. The molecule has 1 heterocycles. The molecule has 1 N–H and O–H groups in total. The highest BCUT2D eigenvalue weighted by atomic mass is 35.5. The van der Waals surface area contributed by atoms with Gasteiger partial charge >= 0.3 is 5.97 Å². The van der Waals surface area contributed by atoms with Crippen LogP contribution in [0.1, 0.15) is 22.3 Å². The number of halogens is 2. The summed E-state index contributed by atoms with van der Waals surface area (Å²) in [6.45, 7) is 3.38. The van der Waals surface area contributed by atoms with Gasteiger partial charge in [0.05, 0.1) is 17.3 Å². The first-order valence-corrected chi connectivity index (χ1v) is 8.50. The first-order valence-electron chi connectivity index (χ1n) is 6.93. The van der Waals surface area contributed by atoms with Crippen molar-refractivity contribution in [3.8, 4) is 5.75 Å². The maximum absolute atomic E-state index is 11.9. The van der Waals surface area contributed by atoms with Gasteiger partial charge in [-0.05, 0) is 26.0 Å². The van der Waals surface area contributed by atoms with Crippen LogP contribution in [-0.2, 0) is 9.53 Å². The highest BCUT2D eigenvalue weighted by Gasteiger charge is 2.17. The van der Waals surface area contributed by atoms with Crippen LogP contribution in [0.2, 0.25) is 10.0 Å². The van der Waals surface area contributed by atoms with Crippen LogP contribution in [0.3, 0.4) is 0 Å². The van der Waals surface area contributed by atoms with Crippen molar-refractivity contribution < 1.29 is 19.1 Å². The maximum Gasteiger partial charge on any atom is 0.350 e. The minimum Gasteiger partial charge on any atom is -0.482 e. The Morgan fingerprint density at radius 2 is 2.08 bits per heavy atom. The molecule has 0 saturated heterocycles. The third kappa shape index (κ3) is 4.83. The van der Waals surface area contributed by atoms with Crippen molar-refractivity contribution in [2.24, 2.45) is 0 Å². The van der Waals surface area contributed by atoms with Crippen molar-refractivity contribution in [3.63, 3.8) is 0 Å². The van der Waals surface area contributed by atoms with E-state index in [0.717, 1.165) is 11.3 Å². The van der Waals surface area contributed by atoms with Crippen molar-refractivity contribution >= 4 is 51.5 Å². The number of aryl methyl sites for hydroxylation is 1. The predicted octanol–water partition coefficient (Wildman–Crippen LogP) is 3.95. The number of aromatic nitrogens is 1. The van der Waals surface area contributed by atoms with Gasteiger partial charge in [0.25, 0.3) is 5.91 Å². The van der Waals surface area contributed by atoms with E-state index in [1.807, 2.05) is 0 Å². The second-order valence-electron chi connectivity index (χ2n) is 4.57. The molecule has 128 valence electrons. The summed E-state index contributed by atoms with van der Waals surface area (Å²) in [5.41, 5.74) is 0.493. The van der Waals surface area contributed by atoms with Crippen LogP contribution in [0, 0.1) is 6.92 Å². The summed E-state index contributed by atoms with van der Waals surface area (Å²) in [6, 6.07) is 4.71. The van der Waals surface area contributed by atoms with Gasteiger partial charge in [-0.25, -0.2) is 9.78 Å². The molecule has 2 aromatic rings. The number of nitrogens with zero attached hydrogens (tertiary/aromatic N) is 1. The normalized spacial score (nSPS) is 10.3. The number of esters is 1. The van der Waals surface area contributed by atoms with E-state index in [4.69, 9.17) is 32.7 Å². The lowest BCUT2D eigenvalue weighted by molar-refractivity contribution is -0.118. The molecule has 0 aliphatic heterocycles. The van der Waals surface area contributed by atoms with Gasteiger partial charge < -0.3 is 9.47 Å². The van der Waals surface area contributed by atoms with Gasteiger partial charge in [0.15, 0.2) is 11.7 Å². The van der Waals surface area contributed by atoms with Crippen LogP contribution < -0.4 is 10.1 Å². The summed E-state index contributed by atoms with van der Waals surface area (Å²) in [4.78, 5) is 28.1. The molecule has 1 aromatic carbocycles. The first kappa shape index (κ1) is 18.5. The molecule has 0 radical (unpaired) electrons. The Hall–Kier alpha value is -1.83. The molecule has 0 atom stereocenters. The number of nitrogens with one attached hydrogen (secondary N) is 1. The van der Waals surface area contributed by atoms with Crippen molar-refractivity contribution in [2.45, 2.75) is 13.8 Å². The zero-order valence-electron chi connectivity index (χ0n) is 12.9. The number of thiazole rings is 1. The Morgan fingerprint density at radius 1 is 1.33 bits per heavy atom. The van der Waals surface area contributed by atoms with Gasteiger partial charge in [-0.2, -0.15) is 0 Å². The Labute approximate surface area is 152 Å². The zero-order valence-corrected chi connectivity index (χ0v) is 15.2. The number of amides is 1. The van der Waals surface area contributed by atoms with Crippen LogP contribution in [0.25, 0.3) is 0 Å². The number of hydrogen-bond donors (Lipinski definition) is 1. The molecule has 1 aromatic heterocycles. The monoisotopic (exact) mass is 388 g/mol. The van der Waals surface area contributed by atoms with Crippen molar-refractivity contribution in [1.29, 1.82) is 0 Å². The van der Waals surface area contributed by atoms with E-state index in [9.17, 15) is 9.59 Å². The standard InChI is InChI=1S/C15H14Cl2N2O4S/c1-3-22-14(21)13-8(2)18-15(24-13)19-12(20)7-23-11-6-9(16)4-5-10(11)17/h4-6H,3,7H2,1-2H3,(H,18,19,20). The number of hydrogen-bond acceptors (Lipinski definition) is 6. The second kappa shape index (κ2) is 8.32. The van der Waals surface area contributed by atoms with Crippen LogP contribution >= 0.6 is 34.5 Å². The molecule has 9 heteroatoms. The molecule has 24 heavy (non-hydrogen) atoms. The van der Waals surface area contributed by atoms with Gasteiger partial charge in [-0.3, -0.25) is 10.1 Å². The molecule has 1 amide bonds. The summed E-state index contributed by atoms with van der Waals surface area (Å²) in [5, 5.41) is 3.65. The van der Waals surface area contributed by atoms with Crippen molar-refractivity contribution in [2.75, 3.05) is 18.5 Å². The molecule has 0 saturated carbocycles. The molecular weight excluding hydrogens is 375 g/mol. The second-order valence-corrected chi connectivity index (χ2v) is 6.41. The number of ether oxygens (including phenoxy) is 2.